The van der Waals surface area contributed by atoms with Gasteiger partial charge in [0.15, 0.2) is 0 Å². The van der Waals surface area contributed by atoms with E-state index in [1.165, 1.54) is 0 Å². The number of hydrogen-bond acceptors (Lipinski definition) is 3. The van der Waals surface area contributed by atoms with Crippen molar-refractivity contribution in [2.75, 3.05) is 7.11 Å². The van der Waals surface area contributed by atoms with Crippen molar-refractivity contribution in [1.29, 1.82) is 0 Å². The van der Waals surface area contributed by atoms with E-state index in [9.17, 15) is 14.3 Å². The normalized spacial score (nSPS) is 9.77. The quantitative estimate of drug-likeness (QED) is 0.775. The Balaban J connectivity index is 3.23. The number of carbonyl (C=O) groups excluding carboxylic acids is 1. The number of phenols is 1. The lowest BCUT2D eigenvalue weighted by atomic mass is 10.2. The molecule has 0 bridgehead atoms. The van der Waals surface area contributed by atoms with Crippen LogP contribution in [0.2, 0.25) is 0 Å². The summed E-state index contributed by atoms with van der Waals surface area (Å²) in [6, 6.07) is 2.01. The molecule has 1 rings (SSSR count). The van der Waals surface area contributed by atoms with Crippen LogP contribution in [0.15, 0.2) is 16.6 Å². The summed E-state index contributed by atoms with van der Waals surface area (Å²) in [7, 11) is 1.15. The maximum Gasteiger partial charge on any atom is 0.341 e. The Bertz CT molecular complexity index is 351. The van der Waals surface area contributed by atoms with E-state index in [-0.39, 0.29) is 15.8 Å². The van der Waals surface area contributed by atoms with Crippen molar-refractivity contribution in [3.8, 4) is 5.75 Å². The molecule has 1 N–H and O–H groups in total. The third-order valence-electron chi connectivity index (χ3n) is 1.44. The third kappa shape index (κ3) is 1.98. The Labute approximate surface area is 82.3 Å². The molecular formula is C8H6BrFO3. The first-order valence-electron chi connectivity index (χ1n) is 3.32. The zero-order chi connectivity index (χ0) is 10.0. The lowest BCUT2D eigenvalue weighted by Gasteiger charge is -2.03. The topological polar surface area (TPSA) is 46.5 Å². The van der Waals surface area contributed by atoms with Gasteiger partial charge in [-0.1, -0.05) is 0 Å². The van der Waals surface area contributed by atoms with Crippen LogP contribution >= 0.6 is 15.9 Å². The van der Waals surface area contributed by atoms with E-state index in [0.29, 0.717) is 0 Å². The first-order valence-corrected chi connectivity index (χ1v) is 4.12. The van der Waals surface area contributed by atoms with Crippen molar-refractivity contribution in [3.63, 3.8) is 0 Å². The molecule has 0 heterocycles. The van der Waals surface area contributed by atoms with Gasteiger partial charge in [0.2, 0.25) is 0 Å². The summed E-state index contributed by atoms with van der Waals surface area (Å²) in [6.07, 6.45) is 0. The molecule has 13 heavy (non-hydrogen) atoms. The molecule has 1 aromatic rings. The molecule has 0 aliphatic rings. The number of rotatable bonds is 1. The Morgan fingerprint density at radius 1 is 1.62 bits per heavy atom. The van der Waals surface area contributed by atoms with Crippen LogP contribution in [0.5, 0.6) is 5.75 Å². The highest BCUT2D eigenvalue weighted by Gasteiger charge is 2.14. The van der Waals surface area contributed by atoms with E-state index in [4.69, 9.17) is 0 Å². The summed E-state index contributed by atoms with van der Waals surface area (Å²) in [5.41, 5.74) is -0.191. The summed E-state index contributed by atoms with van der Waals surface area (Å²) in [5.74, 6) is -1.72. The van der Waals surface area contributed by atoms with Gasteiger partial charge in [0.1, 0.15) is 17.1 Å². The van der Waals surface area contributed by atoms with Crippen LogP contribution in [0.25, 0.3) is 0 Å². The Kier molecular flexibility index (Phi) is 2.87. The van der Waals surface area contributed by atoms with Crippen LogP contribution in [0.1, 0.15) is 10.4 Å². The van der Waals surface area contributed by atoms with Crippen molar-refractivity contribution in [1.82, 2.24) is 0 Å². The lowest BCUT2D eigenvalue weighted by molar-refractivity contribution is 0.0597. The largest absolute Gasteiger partial charge is 0.507 e. The first kappa shape index (κ1) is 9.98. The van der Waals surface area contributed by atoms with E-state index in [1.807, 2.05) is 0 Å². The lowest BCUT2D eigenvalue weighted by Crippen LogP contribution is -2.02. The maximum atomic E-state index is 12.9. The second-order valence-corrected chi connectivity index (χ2v) is 3.13. The van der Waals surface area contributed by atoms with Crippen LogP contribution in [-0.2, 0) is 4.74 Å². The number of hydrogen-bond donors (Lipinski definition) is 1. The van der Waals surface area contributed by atoms with Crippen molar-refractivity contribution in [2.24, 2.45) is 0 Å². The van der Waals surface area contributed by atoms with Crippen LogP contribution in [0, 0.1) is 5.82 Å². The zero-order valence-electron chi connectivity index (χ0n) is 6.67. The molecule has 0 amide bonds. The number of aromatic hydroxyl groups is 1. The van der Waals surface area contributed by atoms with Gasteiger partial charge < -0.3 is 9.84 Å². The van der Waals surface area contributed by atoms with Gasteiger partial charge in [0.05, 0.1) is 11.6 Å². The average Bonchev–Trinajstić information content (AvgIpc) is 2.10. The fourth-order valence-corrected chi connectivity index (χ4v) is 1.14. The summed E-state index contributed by atoms with van der Waals surface area (Å²) in [5, 5.41) is 9.22. The standard InChI is InChI=1S/C8H6BrFO3/c1-13-8(12)4-2-6(10)5(9)3-7(4)11/h2-3,11H,1H3. The first-order chi connectivity index (χ1) is 6.06. The highest BCUT2D eigenvalue weighted by Crippen LogP contribution is 2.25. The van der Waals surface area contributed by atoms with Crippen molar-refractivity contribution >= 4 is 21.9 Å². The average molecular weight is 249 g/mol. The molecule has 0 radical (unpaired) electrons. The number of methoxy groups -OCH3 is 1. The minimum Gasteiger partial charge on any atom is -0.507 e. The van der Waals surface area contributed by atoms with Crippen LogP contribution < -0.4 is 0 Å². The number of ether oxygens (including phenoxy) is 1. The summed E-state index contributed by atoms with van der Waals surface area (Å²) in [4.78, 5) is 10.9. The Morgan fingerprint density at radius 2 is 2.23 bits per heavy atom. The van der Waals surface area contributed by atoms with Gasteiger partial charge in [0, 0.05) is 0 Å². The smallest absolute Gasteiger partial charge is 0.341 e. The minimum atomic E-state index is -0.774. The molecule has 0 aromatic heterocycles. The van der Waals surface area contributed by atoms with Crippen molar-refractivity contribution in [2.45, 2.75) is 0 Å². The molecule has 5 heteroatoms. The highest BCUT2D eigenvalue weighted by atomic mass is 79.9. The minimum absolute atomic E-state index is 0.0950. The highest BCUT2D eigenvalue weighted by molar-refractivity contribution is 9.10. The second kappa shape index (κ2) is 3.74. The summed E-state index contributed by atoms with van der Waals surface area (Å²) >= 11 is 2.86. The van der Waals surface area contributed by atoms with E-state index >= 15 is 0 Å². The van der Waals surface area contributed by atoms with Crippen LogP contribution in [0.3, 0.4) is 0 Å². The fraction of sp³-hybridized carbons (Fsp3) is 0.125. The summed E-state index contributed by atoms with van der Waals surface area (Å²) < 4.78 is 17.3. The molecule has 0 saturated heterocycles. The Hall–Kier alpha value is -1.10. The van der Waals surface area contributed by atoms with Crippen LogP contribution in [0.4, 0.5) is 4.39 Å². The van der Waals surface area contributed by atoms with Gasteiger partial charge in [0.25, 0.3) is 0 Å². The number of phenolic OH excluding ortho intramolecular Hbond substituents is 1. The van der Waals surface area contributed by atoms with Gasteiger partial charge in [-0.2, -0.15) is 0 Å². The molecule has 3 nitrogen and oxygen atoms in total. The molecule has 0 unspecified atom stereocenters. The predicted molar refractivity (Wildman–Crippen MR) is 47.1 cm³/mol. The van der Waals surface area contributed by atoms with E-state index in [2.05, 4.69) is 20.7 Å². The molecule has 1 aromatic carbocycles. The summed E-state index contributed by atoms with van der Waals surface area (Å²) in [6.45, 7) is 0. The molecule has 0 saturated carbocycles. The molecule has 0 atom stereocenters. The molecular weight excluding hydrogens is 243 g/mol. The number of halogens is 2. The van der Waals surface area contributed by atoms with Gasteiger partial charge in [-0.05, 0) is 28.1 Å². The number of benzene rings is 1. The van der Waals surface area contributed by atoms with E-state index < -0.39 is 11.8 Å². The molecule has 70 valence electrons. The van der Waals surface area contributed by atoms with E-state index in [0.717, 1.165) is 19.2 Å². The van der Waals surface area contributed by atoms with Gasteiger partial charge >= 0.3 is 5.97 Å². The second-order valence-electron chi connectivity index (χ2n) is 2.28. The number of esters is 1. The monoisotopic (exact) mass is 248 g/mol. The molecule has 0 fully saturated rings. The predicted octanol–water partition coefficient (Wildman–Crippen LogP) is 2.08. The Morgan fingerprint density at radius 3 is 2.77 bits per heavy atom. The molecule has 0 spiro atoms. The van der Waals surface area contributed by atoms with E-state index in [1.54, 1.807) is 0 Å². The van der Waals surface area contributed by atoms with Crippen molar-refractivity contribution < 1.29 is 19.0 Å². The van der Waals surface area contributed by atoms with Crippen LogP contribution in [-0.4, -0.2) is 18.2 Å². The fourth-order valence-electron chi connectivity index (χ4n) is 0.810. The molecule has 0 aliphatic heterocycles. The van der Waals surface area contributed by atoms with Gasteiger partial charge in [-0.3, -0.25) is 0 Å². The number of carbonyl (C=O) groups is 1. The van der Waals surface area contributed by atoms with Crippen molar-refractivity contribution in [3.05, 3.63) is 28.0 Å². The molecule has 0 aliphatic carbocycles. The van der Waals surface area contributed by atoms with Gasteiger partial charge in [-0.15, -0.1) is 0 Å². The maximum absolute atomic E-state index is 12.9. The van der Waals surface area contributed by atoms with Gasteiger partial charge in [-0.25, -0.2) is 9.18 Å². The zero-order valence-corrected chi connectivity index (χ0v) is 8.26. The SMILES string of the molecule is COC(=O)c1cc(F)c(Br)cc1O. The third-order valence-corrected chi connectivity index (χ3v) is 2.05.